The fourth-order valence-electron chi connectivity index (χ4n) is 2.32. The Morgan fingerprint density at radius 2 is 1.95 bits per heavy atom. The first-order chi connectivity index (χ1) is 10.4. The van der Waals surface area contributed by atoms with E-state index in [1.807, 2.05) is 24.3 Å². The van der Waals surface area contributed by atoms with E-state index in [1.54, 1.807) is 0 Å². The van der Waals surface area contributed by atoms with E-state index >= 15 is 0 Å². The normalized spacial score (nSPS) is 17.9. The first-order valence-corrected chi connectivity index (χ1v) is 8.07. The predicted octanol–water partition coefficient (Wildman–Crippen LogP) is 3.01. The number of rotatable bonds is 10. The van der Waals surface area contributed by atoms with Gasteiger partial charge in [-0.2, -0.15) is 0 Å². The molecule has 0 unspecified atom stereocenters. The molecule has 2 rings (SSSR count). The highest BCUT2D eigenvalue weighted by Crippen LogP contribution is 2.26. The monoisotopic (exact) mass is 293 g/mol. The van der Waals surface area contributed by atoms with E-state index in [2.05, 4.69) is 12.2 Å². The molecule has 1 heterocycles. The van der Waals surface area contributed by atoms with Crippen LogP contribution in [0.4, 0.5) is 0 Å². The van der Waals surface area contributed by atoms with Gasteiger partial charge in [-0.1, -0.05) is 25.5 Å². The van der Waals surface area contributed by atoms with Gasteiger partial charge in [0.25, 0.3) is 0 Å². The van der Waals surface area contributed by atoms with Crippen molar-refractivity contribution >= 4 is 0 Å². The van der Waals surface area contributed by atoms with E-state index in [0.29, 0.717) is 12.7 Å². The first-order valence-electron chi connectivity index (χ1n) is 8.07. The second kappa shape index (κ2) is 9.64. The number of ether oxygens (including phenoxy) is 3. The van der Waals surface area contributed by atoms with Crippen molar-refractivity contribution in [2.45, 2.75) is 38.7 Å². The first kappa shape index (κ1) is 16.1. The zero-order valence-electron chi connectivity index (χ0n) is 13.0. The molecule has 1 atom stereocenters. The summed E-state index contributed by atoms with van der Waals surface area (Å²) in [5, 5.41) is 3.38. The molecule has 0 aromatic heterocycles. The van der Waals surface area contributed by atoms with Crippen LogP contribution in [0.1, 0.15) is 32.6 Å². The maximum absolute atomic E-state index is 5.80. The van der Waals surface area contributed by atoms with Crippen LogP contribution in [0.25, 0.3) is 0 Å². The summed E-state index contributed by atoms with van der Waals surface area (Å²) >= 11 is 0. The van der Waals surface area contributed by atoms with E-state index in [-0.39, 0.29) is 0 Å². The lowest BCUT2D eigenvalue weighted by molar-refractivity contribution is 0.109. The summed E-state index contributed by atoms with van der Waals surface area (Å²) in [7, 11) is 0. The lowest BCUT2D eigenvalue weighted by atomic mass is 10.2. The highest BCUT2D eigenvalue weighted by atomic mass is 16.5. The van der Waals surface area contributed by atoms with Crippen LogP contribution in [0.2, 0.25) is 0 Å². The van der Waals surface area contributed by atoms with Crippen molar-refractivity contribution in [1.29, 1.82) is 0 Å². The fourth-order valence-corrected chi connectivity index (χ4v) is 2.32. The zero-order valence-corrected chi connectivity index (χ0v) is 13.0. The minimum absolute atomic E-state index is 0.384. The molecular weight excluding hydrogens is 266 g/mol. The lowest BCUT2D eigenvalue weighted by Gasteiger charge is -2.14. The summed E-state index contributed by atoms with van der Waals surface area (Å²) < 4.78 is 17.1. The van der Waals surface area contributed by atoms with Crippen molar-refractivity contribution in [1.82, 2.24) is 5.32 Å². The van der Waals surface area contributed by atoms with Gasteiger partial charge >= 0.3 is 0 Å². The summed E-state index contributed by atoms with van der Waals surface area (Å²) in [4.78, 5) is 0. The Labute approximate surface area is 127 Å². The summed E-state index contributed by atoms with van der Waals surface area (Å²) in [5.41, 5.74) is 0. The quantitative estimate of drug-likeness (QED) is 0.673. The van der Waals surface area contributed by atoms with Crippen LogP contribution >= 0.6 is 0 Å². The van der Waals surface area contributed by atoms with Crippen molar-refractivity contribution in [2.75, 3.05) is 32.9 Å². The summed E-state index contributed by atoms with van der Waals surface area (Å²) in [6.07, 6.45) is 4.94. The molecule has 1 N–H and O–H groups in total. The summed E-state index contributed by atoms with van der Waals surface area (Å²) in [5.74, 6) is 1.66. The third-order valence-corrected chi connectivity index (χ3v) is 3.54. The van der Waals surface area contributed by atoms with Crippen molar-refractivity contribution in [2.24, 2.45) is 0 Å². The molecule has 118 valence electrons. The molecule has 1 saturated heterocycles. The lowest BCUT2D eigenvalue weighted by Crippen LogP contribution is -2.29. The van der Waals surface area contributed by atoms with E-state index in [4.69, 9.17) is 14.2 Å². The Kier molecular flexibility index (Phi) is 7.39. The molecule has 1 aromatic carbocycles. The van der Waals surface area contributed by atoms with Gasteiger partial charge in [-0.05, 0) is 31.4 Å². The predicted molar refractivity (Wildman–Crippen MR) is 84.2 cm³/mol. The Bertz CT molecular complexity index is 391. The van der Waals surface area contributed by atoms with Gasteiger partial charge in [-0.25, -0.2) is 0 Å². The van der Waals surface area contributed by atoms with Crippen molar-refractivity contribution in [3.63, 3.8) is 0 Å². The molecule has 0 radical (unpaired) electrons. The van der Waals surface area contributed by atoms with E-state index in [0.717, 1.165) is 50.6 Å². The van der Waals surface area contributed by atoms with Crippen molar-refractivity contribution < 1.29 is 14.2 Å². The number of hydrogen-bond acceptors (Lipinski definition) is 4. The molecule has 4 heteroatoms. The van der Waals surface area contributed by atoms with Crippen LogP contribution < -0.4 is 14.8 Å². The van der Waals surface area contributed by atoms with Crippen LogP contribution in [-0.4, -0.2) is 39.0 Å². The molecule has 0 bridgehead atoms. The van der Waals surface area contributed by atoms with Gasteiger partial charge < -0.3 is 19.5 Å². The van der Waals surface area contributed by atoms with Gasteiger partial charge in [0.1, 0.15) is 6.61 Å². The Balaban J connectivity index is 1.64. The average molecular weight is 293 g/mol. The molecule has 1 aliphatic rings. The molecule has 4 nitrogen and oxygen atoms in total. The van der Waals surface area contributed by atoms with E-state index < -0.39 is 0 Å². The van der Waals surface area contributed by atoms with E-state index in [1.165, 1.54) is 12.8 Å². The highest BCUT2D eigenvalue weighted by molar-refractivity contribution is 5.39. The maximum atomic E-state index is 5.80. The molecule has 1 fully saturated rings. The van der Waals surface area contributed by atoms with Crippen LogP contribution in [0.5, 0.6) is 11.5 Å². The summed E-state index contributed by atoms with van der Waals surface area (Å²) in [6, 6.07) is 7.87. The van der Waals surface area contributed by atoms with Gasteiger partial charge in [-0.3, -0.25) is 0 Å². The Morgan fingerprint density at radius 1 is 1.19 bits per heavy atom. The second-order valence-electron chi connectivity index (χ2n) is 5.34. The van der Waals surface area contributed by atoms with Gasteiger partial charge in [0, 0.05) is 19.7 Å². The van der Waals surface area contributed by atoms with Crippen molar-refractivity contribution in [3.05, 3.63) is 24.3 Å². The average Bonchev–Trinajstić information content (AvgIpc) is 3.02. The van der Waals surface area contributed by atoms with Gasteiger partial charge in [0.2, 0.25) is 0 Å². The van der Waals surface area contributed by atoms with Gasteiger partial charge in [0.05, 0.1) is 12.7 Å². The number of benzene rings is 1. The largest absolute Gasteiger partial charge is 0.490 e. The second-order valence-corrected chi connectivity index (χ2v) is 5.34. The smallest absolute Gasteiger partial charge is 0.161 e. The summed E-state index contributed by atoms with van der Waals surface area (Å²) in [6.45, 7) is 6.19. The van der Waals surface area contributed by atoms with E-state index in [9.17, 15) is 0 Å². The molecule has 1 aliphatic heterocycles. The topological polar surface area (TPSA) is 39.7 Å². The number of unbranched alkanes of at least 4 members (excludes halogenated alkanes) is 1. The van der Waals surface area contributed by atoms with Crippen LogP contribution in [0.3, 0.4) is 0 Å². The third kappa shape index (κ3) is 5.94. The van der Waals surface area contributed by atoms with Gasteiger partial charge in [-0.15, -0.1) is 0 Å². The third-order valence-electron chi connectivity index (χ3n) is 3.54. The molecular formula is C17H27NO3. The molecule has 21 heavy (non-hydrogen) atoms. The number of para-hydroxylation sites is 2. The van der Waals surface area contributed by atoms with Crippen LogP contribution in [0.15, 0.2) is 24.3 Å². The van der Waals surface area contributed by atoms with Crippen LogP contribution in [0, 0.1) is 0 Å². The van der Waals surface area contributed by atoms with Crippen molar-refractivity contribution in [3.8, 4) is 11.5 Å². The Hall–Kier alpha value is -1.26. The molecule has 1 aromatic rings. The molecule has 0 aliphatic carbocycles. The Morgan fingerprint density at radius 3 is 2.62 bits per heavy atom. The maximum Gasteiger partial charge on any atom is 0.161 e. The highest BCUT2D eigenvalue weighted by Gasteiger charge is 2.14. The zero-order chi connectivity index (χ0) is 14.8. The number of hydrogen-bond donors (Lipinski definition) is 1. The minimum atomic E-state index is 0.384. The standard InChI is InChI=1S/C17H27NO3/c1-2-3-11-20-16-8-4-5-9-17(16)21-13-10-18-14-15-7-6-12-19-15/h4-5,8-9,15,18H,2-3,6-7,10-14H2,1H3/t15-/m0/s1. The molecule has 0 saturated carbocycles. The minimum Gasteiger partial charge on any atom is -0.490 e. The molecule has 0 amide bonds. The number of nitrogens with one attached hydrogen (secondary N) is 1. The van der Waals surface area contributed by atoms with Gasteiger partial charge in [0.15, 0.2) is 11.5 Å². The SMILES string of the molecule is CCCCOc1ccccc1OCCNC[C@@H]1CCCO1. The fraction of sp³-hybridized carbons (Fsp3) is 0.647. The van der Waals surface area contributed by atoms with Crippen LogP contribution in [-0.2, 0) is 4.74 Å². The molecule has 0 spiro atoms.